The number of carbonyl (C=O) groups is 1. The van der Waals surface area contributed by atoms with Gasteiger partial charge in [-0.2, -0.15) is 0 Å². The molecule has 0 radical (unpaired) electrons. The molecule has 4 fully saturated rings. The van der Waals surface area contributed by atoms with Crippen molar-refractivity contribution in [2.24, 2.45) is 46.3 Å². The van der Waals surface area contributed by atoms with Gasteiger partial charge in [-0.15, -0.1) is 0 Å². The van der Waals surface area contributed by atoms with E-state index >= 15 is 0 Å². The smallest absolute Gasteiger partial charge is 0.306 e. The quantitative estimate of drug-likeness (QED) is 0.180. The van der Waals surface area contributed by atoms with Crippen molar-refractivity contribution in [2.75, 3.05) is 0 Å². The second-order valence-electron chi connectivity index (χ2n) is 15.1. The van der Waals surface area contributed by atoms with Crippen LogP contribution in [-0.2, 0) is 9.53 Å². The monoisotopic (exact) mass is 514 g/mol. The van der Waals surface area contributed by atoms with Crippen LogP contribution < -0.4 is 0 Å². The van der Waals surface area contributed by atoms with E-state index in [9.17, 15) is 4.79 Å². The molecule has 4 saturated carbocycles. The highest BCUT2D eigenvalue weighted by Crippen LogP contribution is 2.68. The van der Waals surface area contributed by atoms with E-state index in [1.807, 2.05) is 0 Å². The van der Waals surface area contributed by atoms with Crippen molar-refractivity contribution in [2.45, 2.75) is 169 Å². The van der Waals surface area contributed by atoms with Gasteiger partial charge >= 0.3 is 5.97 Å². The predicted molar refractivity (Wildman–Crippen MR) is 156 cm³/mol. The summed E-state index contributed by atoms with van der Waals surface area (Å²) < 4.78 is 6.07. The van der Waals surface area contributed by atoms with E-state index in [2.05, 4.69) is 34.6 Å². The molecule has 4 aliphatic carbocycles. The number of rotatable bonds is 13. The third-order valence-corrected chi connectivity index (χ3v) is 12.4. The van der Waals surface area contributed by atoms with Crippen molar-refractivity contribution < 1.29 is 9.53 Å². The van der Waals surface area contributed by atoms with Crippen LogP contribution in [-0.4, -0.2) is 12.1 Å². The van der Waals surface area contributed by atoms with Crippen molar-refractivity contribution >= 4 is 5.97 Å². The first kappa shape index (κ1) is 29.5. The highest BCUT2D eigenvalue weighted by atomic mass is 16.5. The van der Waals surface area contributed by atoms with E-state index in [4.69, 9.17) is 4.74 Å². The SMILES string of the molecule is CCCCCCCCC(=O)OC1CCC2(C)C(CCC3C4CCC(CCCCC(C)C)C4(C)CCC32)C1. The Labute approximate surface area is 230 Å². The molecule has 8 atom stereocenters. The number of carbonyl (C=O) groups excluding carboxylic acids is 1. The second-order valence-corrected chi connectivity index (χ2v) is 15.1. The van der Waals surface area contributed by atoms with Crippen LogP contribution >= 0.6 is 0 Å². The van der Waals surface area contributed by atoms with E-state index in [0.29, 0.717) is 17.3 Å². The zero-order chi connectivity index (χ0) is 26.5. The van der Waals surface area contributed by atoms with E-state index in [0.717, 1.165) is 54.8 Å². The molecule has 0 bridgehead atoms. The van der Waals surface area contributed by atoms with E-state index in [1.165, 1.54) is 103 Å². The van der Waals surface area contributed by atoms with Crippen LogP contribution in [0.5, 0.6) is 0 Å². The van der Waals surface area contributed by atoms with E-state index in [-0.39, 0.29) is 12.1 Å². The summed E-state index contributed by atoms with van der Waals surface area (Å²) in [5, 5.41) is 0. The molecule has 4 aliphatic rings. The number of unbranched alkanes of at least 4 members (excludes halogenated alkanes) is 6. The third kappa shape index (κ3) is 6.80. The van der Waals surface area contributed by atoms with Gasteiger partial charge in [-0.3, -0.25) is 4.79 Å². The molecule has 37 heavy (non-hydrogen) atoms. The Morgan fingerprint density at radius 1 is 0.811 bits per heavy atom. The predicted octanol–water partition coefficient (Wildman–Crippen LogP) is 10.5. The molecule has 0 aromatic carbocycles. The van der Waals surface area contributed by atoms with Crippen molar-refractivity contribution in [3.8, 4) is 0 Å². The molecule has 0 heterocycles. The van der Waals surface area contributed by atoms with Crippen LogP contribution in [0.25, 0.3) is 0 Å². The third-order valence-electron chi connectivity index (χ3n) is 12.4. The molecule has 0 aliphatic heterocycles. The number of hydrogen-bond donors (Lipinski definition) is 0. The van der Waals surface area contributed by atoms with Crippen LogP contribution in [0.3, 0.4) is 0 Å². The van der Waals surface area contributed by atoms with Crippen LogP contribution in [0.15, 0.2) is 0 Å². The molecule has 0 spiro atoms. The van der Waals surface area contributed by atoms with E-state index in [1.54, 1.807) is 0 Å². The first-order valence-corrected chi connectivity index (χ1v) is 17.0. The minimum atomic E-state index is 0.0802. The summed E-state index contributed by atoms with van der Waals surface area (Å²) >= 11 is 0. The zero-order valence-corrected chi connectivity index (χ0v) is 25.5. The van der Waals surface area contributed by atoms with Gasteiger partial charge in [0.15, 0.2) is 0 Å². The molecular weight excluding hydrogens is 452 g/mol. The molecule has 8 unspecified atom stereocenters. The molecule has 0 N–H and O–H groups in total. The molecule has 0 aromatic rings. The molecule has 0 saturated heterocycles. The molecule has 214 valence electrons. The first-order valence-electron chi connectivity index (χ1n) is 17.0. The lowest BCUT2D eigenvalue weighted by Gasteiger charge is -2.61. The molecule has 0 aromatic heterocycles. The fourth-order valence-electron chi connectivity index (χ4n) is 10.1. The molecule has 2 nitrogen and oxygen atoms in total. The highest BCUT2D eigenvalue weighted by molar-refractivity contribution is 5.69. The number of ether oxygens (including phenoxy) is 1. The maximum Gasteiger partial charge on any atom is 0.306 e. The van der Waals surface area contributed by atoms with Gasteiger partial charge in [0.2, 0.25) is 0 Å². The van der Waals surface area contributed by atoms with Gasteiger partial charge in [-0.05, 0) is 117 Å². The summed E-state index contributed by atoms with van der Waals surface area (Å²) in [6, 6.07) is 0. The molecule has 4 rings (SSSR count). The van der Waals surface area contributed by atoms with Gasteiger partial charge in [-0.25, -0.2) is 0 Å². The Morgan fingerprint density at radius 3 is 2.32 bits per heavy atom. The average Bonchev–Trinajstić information content (AvgIpc) is 3.20. The molecular formula is C35H62O2. The van der Waals surface area contributed by atoms with Crippen molar-refractivity contribution in [1.29, 1.82) is 0 Å². The normalized spacial score (nSPS) is 39.2. The Hall–Kier alpha value is -0.530. The maximum absolute atomic E-state index is 12.6. The lowest BCUT2D eigenvalue weighted by atomic mass is 9.44. The summed E-state index contributed by atoms with van der Waals surface area (Å²) in [5.41, 5.74) is 1.10. The highest BCUT2D eigenvalue weighted by Gasteiger charge is 2.60. The number of fused-ring (bicyclic) bond motifs is 5. The zero-order valence-electron chi connectivity index (χ0n) is 25.5. The Bertz CT molecular complexity index is 714. The second kappa shape index (κ2) is 13.2. The first-order chi connectivity index (χ1) is 17.8. The van der Waals surface area contributed by atoms with Crippen LogP contribution in [0.1, 0.15) is 163 Å². The summed E-state index contributed by atoms with van der Waals surface area (Å²) in [6.45, 7) is 12.4. The lowest BCUT2D eigenvalue weighted by molar-refractivity contribution is -0.162. The standard InChI is InChI=1S/C35H62O2/c1-6-7-8-9-10-11-16-33(36)37-29-21-23-35(5)28(25-29)17-19-30-31-20-18-27(15-13-12-14-26(2)3)34(31,4)24-22-32(30)35/h26-32H,6-25H2,1-5H3. The van der Waals surface area contributed by atoms with Crippen molar-refractivity contribution in [3.05, 3.63) is 0 Å². The van der Waals surface area contributed by atoms with Crippen molar-refractivity contribution in [1.82, 2.24) is 0 Å². The molecule has 2 heteroatoms. The maximum atomic E-state index is 12.6. The molecule has 0 amide bonds. The van der Waals surface area contributed by atoms with Gasteiger partial charge in [0.05, 0.1) is 0 Å². The fourth-order valence-corrected chi connectivity index (χ4v) is 10.1. The van der Waals surface area contributed by atoms with Crippen LogP contribution in [0.2, 0.25) is 0 Å². The minimum Gasteiger partial charge on any atom is -0.462 e. The summed E-state index contributed by atoms with van der Waals surface area (Å²) in [4.78, 5) is 12.6. The van der Waals surface area contributed by atoms with E-state index < -0.39 is 0 Å². The summed E-state index contributed by atoms with van der Waals surface area (Å²) in [5.74, 6) is 5.56. The van der Waals surface area contributed by atoms with Gasteiger partial charge < -0.3 is 4.74 Å². The Balaban J connectivity index is 1.26. The van der Waals surface area contributed by atoms with Crippen molar-refractivity contribution in [3.63, 3.8) is 0 Å². The largest absolute Gasteiger partial charge is 0.462 e. The number of hydrogen-bond acceptors (Lipinski definition) is 2. The topological polar surface area (TPSA) is 26.3 Å². The van der Waals surface area contributed by atoms with Gasteiger partial charge in [0.1, 0.15) is 6.10 Å². The van der Waals surface area contributed by atoms with Gasteiger partial charge in [0.25, 0.3) is 0 Å². The van der Waals surface area contributed by atoms with Gasteiger partial charge in [0, 0.05) is 6.42 Å². The van der Waals surface area contributed by atoms with Crippen LogP contribution in [0, 0.1) is 46.3 Å². The Morgan fingerprint density at radius 2 is 1.54 bits per heavy atom. The summed E-state index contributed by atoms with van der Waals surface area (Å²) in [7, 11) is 0. The van der Waals surface area contributed by atoms with Gasteiger partial charge in [-0.1, -0.05) is 86.0 Å². The summed E-state index contributed by atoms with van der Waals surface area (Å²) in [6.07, 6.45) is 26.3. The lowest BCUT2D eigenvalue weighted by Crippen LogP contribution is -2.54. The Kier molecular flexibility index (Phi) is 10.5. The average molecular weight is 515 g/mol. The van der Waals surface area contributed by atoms with Crippen LogP contribution in [0.4, 0.5) is 0 Å². The fraction of sp³-hybridized carbons (Fsp3) is 0.971. The number of esters is 1. The minimum absolute atomic E-state index is 0.0802.